The van der Waals surface area contributed by atoms with Crippen LogP contribution in [0.2, 0.25) is 0 Å². The van der Waals surface area contributed by atoms with Crippen molar-refractivity contribution in [3.8, 4) is 11.5 Å². The largest absolute Gasteiger partial charge is 0.454 e. The lowest BCUT2D eigenvalue weighted by Crippen LogP contribution is -1.79. The van der Waals surface area contributed by atoms with Crippen LogP contribution in [0.1, 0.15) is 0 Å². The third-order valence-corrected chi connectivity index (χ3v) is 5.55. The molecule has 100 valence electrons. The van der Waals surface area contributed by atoms with Crippen molar-refractivity contribution < 1.29 is 4.42 Å². The second kappa shape index (κ2) is 4.61. The number of nitrogens with zero attached hydrogens (tertiary/aromatic N) is 3. The van der Waals surface area contributed by atoms with Crippen molar-refractivity contribution in [1.29, 1.82) is 0 Å². The van der Waals surface area contributed by atoms with Gasteiger partial charge in [-0.3, -0.25) is 0 Å². The molecule has 0 aliphatic carbocycles. The maximum atomic E-state index is 5.86. The van der Waals surface area contributed by atoms with Gasteiger partial charge in [-0.25, -0.2) is 9.50 Å². The Morgan fingerprint density at radius 1 is 1.40 bits per heavy atom. The molecule has 0 atom stereocenters. The SMILES string of the molecule is CSc1nn2cc(-c3cc4c(Br)cccc4o3)nc2s1. The van der Waals surface area contributed by atoms with Crippen molar-refractivity contribution in [1.82, 2.24) is 14.6 Å². The summed E-state index contributed by atoms with van der Waals surface area (Å²) in [6.45, 7) is 0. The molecule has 4 rings (SSSR count). The molecule has 3 aromatic heterocycles. The number of furan rings is 1. The van der Waals surface area contributed by atoms with E-state index in [0.29, 0.717) is 0 Å². The highest BCUT2D eigenvalue weighted by molar-refractivity contribution is 9.10. The number of thioether (sulfide) groups is 1. The molecule has 0 spiro atoms. The molecule has 0 fully saturated rings. The standard InChI is InChI=1S/C13H8BrN3OS2/c1-19-13-16-17-6-9(15-12(17)20-13)11-5-7-8(14)3-2-4-10(7)18-11/h2-6H,1H3. The molecule has 4 nitrogen and oxygen atoms in total. The van der Waals surface area contributed by atoms with Gasteiger partial charge in [0, 0.05) is 9.86 Å². The minimum absolute atomic E-state index is 0.760. The van der Waals surface area contributed by atoms with E-state index in [9.17, 15) is 0 Å². The fourth-order valence-corrected chi connectivity index (χ4v) is 3.84. The molecule has 3 heterocycles. The zero-order chi connectivity index (χ0) is 13.7. The van der Waals surface area contributed by atoms with Crippen LogP contribution in [0.4, 0.5) is 0 Å². The molecule has 0 saturated heterocycles. The molecule has 4 aromatic rings. The second-order valence-electron chi connectivity index (χ2n) is 4.19. The Bertz CT molecular complexity index is 893. The highest BCUT2D eigenvalue weighted by Crippen LogP contribution is 2.32. The fraction of sp³-hybridized carbons (Fsp3) is 0.0769. The van der Waals surface area contributed by atoms with Crippen LogP contribution in [0, 0.1) is 0 Å². The normalized spacial score (nSPS) is 11.7. The molecule has 20 heavy (non-hydrogen) atoms. The number of aromatic nitrogens is 3. The first-order valence-corrected chi connectivity index (χ1v) is 8.66. The van der Waals surface area contributed by atoms with Crippen LogP contribution in [0.3, 0.4) is 0 Å². The van der Waals surface area contributed by atoms with Crippen molar-refractivity contribution in [2.45, 2.75) is 4.34 Å². The van der Waals surface area contributed by atoms with E-state index in [1.54, 1.807) is 27.6 Å². The van der Waals surface area contributed by atoms with Crippen LogP contribution >= 0.6 is 39.0 Å². The first-order valence-electron chi connectivity index (χ1n) is 5.83. The first kappa shape index (κ1) is 12.4. The molecular formula is C13H8BrN3OS2. The summed E-state index contributed by atoms with van der Waals surface area (Å²) >= 11 is 6.73. The fourth-order valence-electron chi connectivity index (χ4n) is 2.03. The topological polar surface area (TPSA) is 43.3 Å². The van der Waals surface area contributed by atoms with E-state index in [1.165, 1.54) is 0 Å². The second-order valence-corrected chi connectivity index (χ2v) is 7.05. The van der Waals surface area contributed by atoms with Gasteiger partial charge in [0.05, 0.1) is 6.20 Å². The van der Waals surface area contributed by atoms with Gasteiger partial charge < -0.3 is 4.42 Å². The summed E-state index contributed by atoms with van der Waals surface area (Å²) in [5.74, 6) is 0.760. The van der Waals surface area contributed by atoms with Crippen LogP contribution in [-0.4, -0.2) is 20.9 Å². The van der Waals surface area contributed by atoms with Crippen molar-refractivity contribution >= 4 is 55.0 Å². The average molecular weight is 366 g/mol. The van der Waals surface area contributed by atoms with Gasteiger partial charge in [-0.1, -0.05) is 45.1 Å². The number of benzene rings is 1. The lowest BCUT2D eigenvalue weighted by atomic mass is 10.2. The molecule has 0 aliphatic heterocycles. The molecule has 0 saturated carbocycles. The maximum Gasteiger partial charge on any atom is 0.213 e. The summed E-state index contributed by atoms with van der Waals surface area (Å²) in [5.41, 5.74) is 1.66. The van der Waals surface area contributed by atoms with Crippen molar-refractivity contribution in [2.24, 2.45) is 0 Å². The molecule has 1 aromatic carbocycles. The summed E-state index contributed by atoms with van der Waals surface area (Å²) in [6, 6.07) is 7.91. The van der Waals surface area contributed by atoms with Crippen LogP contribution in [0.15, 0.2) is 43.7 Å². The van der Waals surface area contributed by atoms with Gasteiger partial charge in [0.15, 0.2) is 10.1 Å². The van der Waals surface area contributed by atoms with Gasteiger partial charge in [-0.2, -0.15) is 0 Å². The van der Waals surface area contributed by atoms with E-state index < -0.39 is 0 Å². The summed E-state index contributed by atoms with van der Waals surface area (Å²) in [5, 5.41) is 5.49. The number of imidazole rings is 1. The van der Waals surface area contributed by atoms with Crippen LogP contribution in [0.5, 0.6) is 0 Å². The molecule has 0 unspecified atom stereocenters. The van der Waals surface area contributed by atoms with E-state index in [2.05, 4.69) is 26.0 Å². The minimum Gasteiger partial charge on any atom is -0.454 e. The van der Waals surface area contributed by atoms with Crippen LogP contribution < -0.4 is 0 Å². The minimum atomic E-state index is 0.760. The number of fused-ring (bicyclic) bond motifs is 2. The van der Waals surface area contributed by atoms with Crippen molar-refractivity contribution in [2.75, 3.05) is 6.26 Å². The Balaban J connectivity index is 1.87. The maximum absolute atomic E-state index is 5.86. The molecule has 0 aliphatic rings. The Hall–Kier alpha value is -1.31. The van der Waals surface area contributed by atoms with Crippen molar-refractivity contribution in [3.63, 3.8) is 0 Å². The zero-order valence-corrected chi connectivity index (χ0v) is 13.6. The summed E-state index contributed by atoms with van der Waals surface area (Å²) in [4.78, 5) is 5.45. The van der Waals surface area contributed by atoms with E-state index in [-0.39, 0.29) is 0 Å². The predicted molar refractivity (Wildman–Crippen MR) is 85.6 cm³/mol. The van der Waals surface area contributed by atoms with Gasteiger partial charge >= 0.3 is 0 Å². The molecule has 0 radical (unpaired) electrons. The monoisotopic (exact) mass is 365 g/mol. The quantitative estimate of drug-likeness (QED) is 0.483. The Morgan fingerprint density at radius 2 is 2.30 bits per heavy atom. The first-order chi connectivity index (χ1) is 9.74. The molecule has 0 bridgehead atoms. The van der Waals surface area contributed by atoms with Gasteiger partial charge in [-0.15, -0.1) is 5.10 Å². The smallest absolute Gasteiger partial charge is 0.213 e. The number of rotatable bonds is 2. The Labute approximate surface area is 130 Å². The van der Waals surface area contributed by atoms with Gasteiger partial charge in [0.2, 0.25) is 4.96 Å². The lowest BCUT2D eigenvalue weighted by molar-refractivity contribution is 0.629. The van der Waals surface area contributed by atoms with E-state index >= 15 is 0 Å². The number of hydrogen-bond donors (Lipinski definition) is 0. The van der Waals surface area contributed by atoms with Gasteiger partial charge in [-0.05, 0) is 24.5 Å². The molecule has 0 N–H and O–H groups in total. The van der Waals surface area contributed by atoms with E-state index in [1.807, 2.05) is 36.7 Å². The van der Waals surface area contributed by atoms with Crippen LogP contribution in [0.25, 0.3) is 27.4 Å². The Morgan fingerprint density at radius 3 is 3.05 bits per heavy atom. The molecular weight excluding hydrogens is 358 g/mol. The van der Waals surface area contributed by atoms with E-state index in [4.69, 9.17) is 4.42 Å². The van der Waals surface area contributed by atoms with E-state index in [0.717, 1.165) is 36.2 Å². The summed E-state index contributed by atoms with van der Waals surface area (Å²) < 4.78 is 9.68. The Kier molecular flexibility index (Phi) is 2.87. The van der Waals surface area contributed by atoms with Gasteiger partial charge in [0.25, 0.3) is 0 Å². The number of hydrogen-bond acceptors (Lipinski definition) is 5. The summed E-state index contributed by atoms with van der Waals surface area (Å²) in [7, 11) is 0. The summed E-state index contributed by atoms with van der Waals surface area (Å²) in [6.07, 6.45) is 3.91. The van der Waals surface area contributed by atoms with Gasteiger partial charge in [0.1, 0.15) is 11.3 Å². The molecule has 0 amide bonds. The third-order valence-electron chi connectivity index (χ3n) is 2.96. The highest BCUT2D eigenvalue weighted by Gasteiger charge is 2.13. The van der Waals surface area contributed by atoms with Crippen LogP contribution in [-0.2, 0) is 0 Å². The predicted octanol–water partition coefficient (Wildman–Crippen LogP) is 4.69. The lowest BCUT2D eigenvalue weighted by Gasteiger charge is -1.89. The highest BCUT2D eigenvalue weighted by atomic mass is 79.9. The van der Waals surface area contributed by atoms with Crippen molar-refractivity contribution in [3.05, 3.63) is 34.9 Å². The molecule has 7 heteroatoms. The average Bonchev–Trinajstić information content (AvgIpc) is 3.09. The number of halogens is 1. The third kappa shape index (κ3) is 1.88. The zero-order valence-electron chi connectivity index (χ0n) is 10.3.